The summed E-state index contributed by atoms with van der Waals surface area (Å²) < 4.78 is 12.1. The molecule has 5 amide bonds. The van der Waals surface area contributed by atoms with Crippen molar-refractivity contribution in [3.63, 3.8) is 0 Å². The average molecular weight is 1260 g/mol. The number of rotatable bonds is 41. The number of phenolic OH excluding ortho intramolecular Hbond substituents is 2. The second-order valence-corrected chi connectivity index (χ2v) is 23.1. The number of fused-ring (bicyclic) bond motifs is 6. The van der Waals surface area contributed by atoms with Gasteiger partial charge in [-0.05, 0) is 107 Å². The van der Waals surface area contributed by atoms with E-state index in [4.69, 9.17) is 49.6 Å². The molecule has 28 heteroatoms. The van der Waals surface area contributed by atoms with Crippen LogP contribution in [-0.4, -0.2) is 131 Å². The lowest BCUT2D eigenvalue weighted by Gasteiger charge is -2.36. The maximum Gasteiger partial charge on any atom is 0.340 e. The van der Waals surface area contributed by atoms with Gasteiger partial charge < -0.3 is 81.1 Å². The first kappa shape index (κ1) is 70.8. The molecule has 0 fully saturated rings. The number of amides is 5. The summed E-state index contributed by atoms with van der Waals surface area (Å²) >= 11 is 1.02. The van der Waals surface area contributed by atoms with E-state index in [0.717, 1.165) is 11.8 Å². The van der Waals surface area contributed by atoms with Crippen LogP contribution in [0.4, 0.5) is 5.69 Å². The van der Waals surface area contributed by atoms with Crippen LogP contribution in [0.3, 0.4) is 0 Å². The van der Waals surface area contributed by atoms with E-state index in [0.29, 0.717) is 119 Å². The number of esters is 1. The van der Waals surface area contributed by atoms with Gasteiger partial charge in [-0.3, -0.25) is 53.3 Å². The first-order valence-corrected chi connectivity index (χ1v) is 31.1. The summed E-state index contributed by atoms with van der Waals surface area (Å²) in [6, 6.07) is 12.1. The third kappa shape index (κ3) is 22.6. The van der Waals surface area contributed by atoms with Gasteiger partial charge in [0.15, 0.2) is 23.5 Å². The van der Waals surface area contributed by atoms with E-state index in [9.17, 15) is 53.4 Å². The number of aromatic hydroxyl groups is 2. The van der Waals surface area contributed by atoms with E-state index in [1.807, 2.05) is 0 Å². The number of phenols is 2. The fourth-order valence-electron chi connectivity index (χ4n) is 10.5. The van der Waals surface area contributed by atoms with Crippen molar-refractivity contribution in [1.82, 2.24) is 16.0 Å². The van der Waals surface area contributed by atoms with Crippen molar-refractivity contribution in [2.75, 3.05) is 49.5 Å². The minimum atomic E-state index is -1.57. The fourth-order valence-corrected chi connectivity index (χ4v) is 11.3. The normalized spacial score (nSPS) is 13.7. The summed E-state index contributed by atoms with van der Waals surface area (Å²) in [5.74, 6) is -5.79. The summed E-state index contributed by atoms with van der Waals surface area (Å²) in [4.78, 5) is 130. The molecule has 2 aliphatic rings. The molecule has 2 heterocycles. The smallest absolute Gasteiger partial charge is 0.340 e. The number of ketones is 3. The predicted octanol–water partition coefficient (Wildman–Crippen LogP) is 2.96. The number of hydrogen-bond acceptors (Lipinski definition) is 17. The van der Waals surface area contributed by atoms with Gasteiger partial charge in [-0.1, -0.05) is 19.8 Å². The van der Waals surface area contributed by atoms with E-state index >= 15 is 0 Å². The van der Waals surface area contributed by atoms with Crippen molar-refractivity contribution in [2.45, 2.75) is 134 Å². The molecule has 0 saturated heterocycles. The zero-order valence-electron chi connectivity index (χ0n) is 50.4. The van der Waals surface area contributed by atoms with Crippen LogP contribution in [0.15, 0.2) is 69.6 Å². The monoisotopic (exact) mass is 1250 g/mol. The number of primary amides is 1. The molecule has 484 valence electrons. The molecule has 20 N–H and O–H groups in total. The lowest BCUT2D eigenvalue weighted by molar-refractivity contribution is -0.132. The first-order chi connectivity index (χ1) is 42.5. The molecule has 0 aromatic heterocycles. The highest BCUT2D eigenvalue weighted by molar-refractivity contribution is 8.00. The maximum atomic E-state index is 13.8. The van der Waals surface area contributed by atoms with E-state index in [2.05, 4.69) is 36.2 Å². The number of aliphatic imine (C=N–C) groups is 3. The summed E-state index contributed by atoms with van der Waals surface area (Å²) in [5.41, 5.74) is 38.6. The molecule has 1 spiro atoms. The van der Waals surface area contributed by atoms with Gasteiger partial charge in [0, 0.05) is 129 Å². The van der Waals surface area contributed by atoms with Crippen molar-refractivity contribution in [2.24, 2.45) is 72.9 Å². The number of nitrogens with two attached hydrogens (primary N) is 7. The molecule has 4 unspecified atom stereocenters. The summed E-state index contributed by atoms with van der Waals surface area (Å²) in [6.07, 6.45) is 6.47. The zero-order valence-corrected chi connectivity index (χ0v) is 51.2. The Labute approximate surface area is 521 Å². The molecular weight excluding hydrogens is 1170 g/mol. The quantitative estimate of drug-likeness (QED) is 0.0168. The molecule has 2 aliphatic heterocycles. The molecule has 0 bridgehead atoms. The van der Waals surface area contributed by atoms with Gasteiger partial charge >= 0.3 is 5.97 Å². The van der Waals surface area contributed by atoms with Gasteiger partial charge in [0.05, 0.1) is 11.3 Å². The van der Waals surface area contributed by atoms with Crippen LogP contribution in [0, 0.1) is 17.8 Å². The molecule has 27 nitrogen and oxygen atoms in total. The largest absolute Gasteiger partial charge is 0.508 e. The number of nitrogens with zero attached hydrogens (tertiary/aromatic N) is 3. The Hall–Kier alpha value is -8.95. The van der Waals surface area contributed by atoms with Gasteiger partial charge in [-0.2, -0.15) is 0 Å². The van der Waals surface area contributed by atoms with E-state index in [1.165, 1.54) is 36.4 Å². The number of hydrogen-bond donors (Lipinski definition) is 13. The highest BCUT2D eigenvalue weighted by Gasteiger charge is 2.54. The van der Waals surface area contributed by atoms with Crippen LogP contribution in [-0.2, 0) is 48.7 Å². The van der Waals surface area contributed by atoms with Crippen LogP contribution in [0.25, 0.3) is 0 Å². The van der Waals surface area contributed by atoms with Crippen LogP contribution in [0.5, 0.6) is 23.0 Å². The molecular formula is C61H86N14O13S. The maximum absolute atomic E-state index is 13.8. The Balaban J connectivity index is 1.07. The first-order valence-electron chi connectivity index (χ1n) is 30.0. The van der Waals surface area contributed by atoms with Crippen molar-refractivity contribution in [3.05, 3.63) is 76.9 Å². The minimum absolute atomic E-state index is 0.00869. The summed E-state index contributed by atoms with van der Waals surface area (Å²) in [5, 5.41) is 31.9. The predicted molar refractivity (Wildman–Crippen MR) is 337 cm³/mol. The van der Waals surface area contributed by atoms with Crippen molar-refractivity contribution in [1.29, 1.82) is 0 Å². The summed E-state index contributed by atoms with van der Waals surface area (Å²) in [7, 11) is 0. The van der Waals surface area contributed by atoms with E-state index < -0.39 is 53.1 Å². The van der Waals surface area contributed by atoms with E-state index in [-0.39, 0.29) is 139 Å². The molecule has 3 aromatic rings. The Morgan fingerprint density at radius 1 is 0.573 bits per heavy atom. The molecule has 89 heavy (non-hydrogen) atoms. The third-order valence-electron chi connectivity index (χ3n) is 15.0. The standard InChI is InChI=1S/C61H86N14O13S/c1-2-40(76)28-36(12-9-25-71-58(63)64)54(83)69-23-7-3-5-15-41(77)29-37(13-10-26-72-59(65)66)55(84)70-24-8-4-6-16-42(78)30-38(14-11-27-73-60(67)68)56(85)75-49(53(62)82)34-89-35-52(81)74-39-17-20-45-48(31-39)61(88-57(45)86)46-21-18-43(79)32-50(46)87-51-33-44(80)19-22-47(51)61/h17-22,31-33,36-38,49,79-80H,2-16,23-30,34-35H2,1H3,(H2,62,82)(H,69,83)(H,70,84)(H,74,81)(H,75,85)(H4,63,64,71)(H4,65,66,72)(H4,67,68,73). The van der Waals surface area contributed by atoms with Crippen LogP contribution >= 0.6 is 11.8 Å². The number of anilines is 1. The summed E-state index contributed by atoms with van der Waals surface area (Å²) in [6.45, 7) is 3.25. The Kier molecular flexibility index (Phi) is 28.4. The molecule has 0 radical (unpaired) electrons. The fraction of sp³-hybridized carbons (Fsp3) is 0.508. The topological polar surface area (TPSA) is 480 Å². The number of ether oxygens (including phenoxy) is 2. The minimum Gasteiger partial charge on any atom is -0.508 e. The Morgan fingerprint density at radius 2 is 1.04 bits per heavy atom. The number of benzene rings is 3. The van der Waals surface area contributed by atoms with Crippen LogP contribution < -0.4 is 66.1 Å². The van der Waals surface area contributed by atoms with Crippen LogP contribution in [0.1, 0.15) is 150 Å². The van der Waals surface area contributed by atoms with Gasteiger partial charge in [-0.25, -0.2) is 4.79 Å². The number of Topliss-reactive ketones (excluding diaryl/α,β-unsaturated/α-hetero) is 3. The van der Waals surface area contributed by atoms with Crippen molar-refractivity contribution >= 4 is 88.2 Å². The SMILES string of the molecule is CCC(=O)CC(CCCN=C(N)N)C(=O)NCCCCCC(=O)CC(CCCN=C(N)N)C(=O)NCCCCCC(=O)CC(CCCN=C(N)N)C(=O)NC(CSCC(=O)Nc1ccc2c(c1)C1(OC2=O)c2ccc(O)cc2Oc2cc(O)ccc21)C(N)=O. The second kappa shape index (κ2) is 35.8. The lowest BCUT2D eigenvalue weighted by atomic mass is 9.77. The molecule has 3 aromatic carbocycles. The Morgan fingerprint density at radius 3 is 1.51 bits per heavy atom. The molecule has 4 atom stereocenters. The van der Waals surface area contributed by atoms with Crippen molar-refractivity contribution < 1.29 is 62.8 Å². The molecule has 0 saturated carbocycles. The number of unbranched alkanes of at least 4 members (excludes halogenated alkanes) is 4. The number of guanidine groups is 3. The highest BCUT2D eigenvalue weighted by atomic mass is 32.2. The lowest BCUT2D eigenvalue weighted by Crippen LogP contribution is -2.48. The molecule has 5 rings (SSSR count). The van der Waals surface area contributed by atoms with Crippen LogP contribution in [0.2, 0.25) is 0 Å². The average Bonchev–Trinajstić information content (AvgIpc) is 1.64. The number of nitrogens with one attached hydrogen (secondary N) is 4. The number of carbonyl (C=O) groups excluding carboxylic acids is 9. The number of thioether (sulfide) groups is 1. The van der Waals surface area contributed by atoms with Gasteiger partial charge in [0.25, 0.3) is 0 Å². The second-order valence-electron chi connectivity index (χ2n) is 22.0. The number of carbonyl (C=O) groups is 9. The molecule has 0 aliphatic carbocycles. The van der Waals surface area contributed by atoms with Gasteiger partial charge in [0.1, 0.15) is 46.4 Å². The van der Waals surface area contributed by atoms with Crippen molar-refractivity contribution in [3.8, 4) is 23.0 Å². The van der Waals surface area contributed by atoms with Gasteiger partial charge in [-0.15, -0.1) is 11.8 Å². The van der Waals surface area contributed by atoms with Gasteiger partial charge in [0.2, 0.25) is 29.5 Å². The highest BCUT2D eigenvalue weighted by Crippen LogP contribution is 2.57. The Bertz CT molecular complexity index is 3040. The zero-order chi connectivity index (χ0) is 65.0. The van der Waals surface area contributed by atoms with E-state index in [1.54, 1.807) is 25.1 Å². The third-order valence-corrected chi connectivity index (χ3v) is 16.1.